The number of aliphatic hydroxyl groups is 1. The van der Waals surface area contributed by atoms with Gasteiger partial charge >= 0.3 is 5.97 Å². The first-order chi connectivity index (χ1) is 19.3. The monoisotopic (exact) mass is 562 g/mol. The number of aliphatic hydroxyl groups excluding tert-OH is 1. The second-order valence-corrected chi connectivity index (χ2v) is 11.4. The summed E-state index contributed by atoms with van der Waals surface area (Å²) in [5.41, 5.74) is -1.07. The van der Waals surface area contributed by atoms with Gasteiger partial charge in [-0.15, -0.1) is 0 Å². The zero-order chi connectivity index (χ0) is 28.1. The topological polar surface area (TPSA) is 96.4 Å². The number of esters is 1. The highest BCUT2D eigenvalue weighted by Gasteiger charge is 2.75. The molecule has 40 heavy (non-hydrogen) atoms. The van der Waals surface area contributed by atoms with E-state index in [0.29, 0.717) is 23.6 Å². The fourth-order valence-electron chi connectivity index (χ4n) is 6.81. The average Bonchev–Trinajstić information content (AvgIpc) is 3.27. The molecule has 4 aliphatic rings. The van der Waals surface area contributed by atoms with Crippen LogP contribution in [0.15, 0.2) is 78.9 Å². The minimum absolute atomic E-state index is 0.204. The van der Waals surface area contributed by atoms with Gasteiger partial charge in [-0.05, 0) is 49.6 Å². The molecule has 1 unspecified atom stereocenters. The van der Waals surface area contributed by atoms with Crippen LogP contribution in [0.3, 0.4) is 0 Å². The summed E-state index contributed by atoms with van der Waals surface area (Å²) in [6.45, 7) is 1.84. The Bertz CT molecular complexity index is 1380. The van der Waals surface area contributed by atoms with Crippen LogP contribution in [0, 0.1) is 11.8 Å². The predicted molar refractivity (Wildman–Crippen MR) is 149 cm³/mol. The number of carbonyl (C=O) groups is 3. The van der Waals surface area contributed by atoms with Crippen molar-refractivity contribution in [1.29, 1.82) is 0 Å². The molecule has 9 heteroatoms. The molecule has 4 aliphatic heterocycles. The van der Waals surface area contributed by atoms with E-state index in [4.69, 9.17) is 21.1 Å². The summed E-state index contributed by atoms with van der Waals surface area (Å²) in [7, 11) is 0. The highest BCUT2D eigenvalue weighted by Crippen LogP contribution is 2.57. The molecule has 2 amide bonds. The molecular weight excluding hydrogens is 532 g/mol. The first kappa shape index (κ1) is 26.7. The fourth-order valence-corrected chi connectivity index (χ4v) is 6.94. The van der Waals surface area contributed by atoms with Crippen molar-refractivity contribution >= 4 is 35.1 Å². The second kappa shape index (κ2) is 10.2. The molecule has 2 aromatic rings. The van der Waals surface area contributed by atoms with Gasteiger partial charge in [-0.3, -0.25) is 14.4 Å². The van der Waals surface area contributed by atoms with Crippen molar-refractivity contribution in [3.8, 4) is 0 Å². The molecule has 2 aromatic carbocycles. The van der Waals surface area contributed by atoms with Crippen molar-refractivity contribution in [3.05, 3.63) is 89.5 Å². The lowest BCUT2D eigenvalue weighted by molar-refractivity contribution is -0.160. The average molecular weight is 563 g/mol. The molecule has 1 N–H and O–H groups in total. The molecule has 6 rings (SSSR count). The third kappa shape index (κ3) is 4.17. The fraction of sp³-hybridized carbons (Fsp3) is 0.387. The van der Waals surface area contributed by atoms with Gasteiger partial charge in [0.15, 0.2) is 0 Å². The Morgan fingerprint density at radius 3 is 2.48 bits per heavy atom. The molecule has 6 atom stereocenters. The van der Waals surface area contributed by atoms with Gasteiger partial charge in [0.1, 0.15) is 17.6 Å². The van der Waals surface area contributed by atoms with E-state index in [1.807, 2.05) is 48.6 Å². The van der Waals surface area contributed by atoms with Crippen LogP contribution in [-0.2, 0) is 30.3 Å². The van der Waals surface area contributed by atoms with Crippen LogP contribution in [0.5, 0.6) is 0 Å². The van der Waals surface area contributed by atoms with Crippen molar-refractivity contribution in [2.45, 2.75) is 43.1 Å². The molecule has 4 heterocycles. The molecule has 0 radical (unpaired) electrons. The van der Waals surface area contributed by atoms with E-state index in [-0.39, 0.29) is 25.7 Å². The van der Waals surface area contributed by atoms with Gasteiger partial charge in [-0.1, -0.05) is 66.2 Å². The van der Waals surface area contributed by atoms with Crippen LogP contribution in [0.1, 0.15) is 18.9 Å². The number of carbonyl (C=O) groups excluding carboxylic acids is 3. The number of anilines is 1. The van der Waals surface area contributed by atoms with Gasteiger partial charge in [0.2, 0.25) is 5.91 Å². The van der Waals surface area contributed by atoms with E-state index in [0.717, 1.165) is 5.56 Å². The van der Waals surface area contributed by atoms with E-state index >= 15 is 0 Å². The van der Waals surface area contributed by atoms with Gasteiger partial charge in [0.05, 0.1) is 30.8 Å². The van der Waals surface area contributed by atoms with Crippen molar-refractivity contribution in [1.82, 2.24) is 4.90 Å². The van der Waals surface area contributed by atoms with E-state index in [1.165, 1.54) is 4.90 Å². The number of nitrogens with zero attached hydrogens (tertiary/aromatic N) is 2. The lowest BCUT2D eigenvalue weighted by Gasteiger charge is -2.40. The summed E-state index contributed by atoms with van der Waals surface area (Å²) in [4.78, 5) is 45.6. The smallest absolute Gasteiger partial charge is 0.313 e. The van der Waals surface area contributed by atoms with Crippen molar-refractivity contribution in [2.75, 3.05) is 24.7 Å². The number of benzene rings is 2. The van der Waals surface area contributed by atoms with Gasteiger partial charge in [-0.25, -0.2) is 0 Å². The van der Waals surface area contributed by atoms with E-state index in [2.05, 4.69) is 0 Å². The maximum absolute atomic E-state index is 14.6. The molecule has 1 spiro atoms. The standard InChI is InChI=1S/C31H31ClN2O6/c1-30-14-5-6-17-39-29(38)25(30)24-27(36)34(23(19-35)18-20-8-3-2-4-9-20)26-28(37)33(16-7-15-31(24,26)40-30)22-12-10-21(32)11-13-22/h2-5,7-15,23-26,35H,6,16-19H2,1H3/t23-,24+,25+,26?,30-,31+/m1/s1. The lowest BCUT2D eigenvalue weighted by atomic mass is 9.74. The number of cyclic esters (lactones) is 1. The maximum Gasteiger partial charge on any atom is 0.313 e. The molecule has 2 fully saturated rings. The third-order valence-electron chi connectivity index (χ3n) is 8.51. The number of ether oxygens (including phenoxy) is 2. The highest BCUT2D eigenvalue weighted by atomic mass is 35.5. The summed E-state index contributed by atoms with van der Waals surface area (Å²) in [5, 5.41) is 11.1. The molecule has 0 bridgehead atoms. The van der Waals surface area contributed by atoms with E-state index in [1.54, 1.807) is 42.2 Å². The Morgan fingerprint density at radius 2 is 1.75 bits per heavy atom. The summed E-state index contributed by atoms with van der Waals surface area (Å²) in [6, 6.07) is 14.6. The molecular formula is C31H31ClN2O6. The molecule has 0 saturated carbocycles. The molecule has 0 aliphatic carbocycles. The van der Waals surface area contributed by atoms with Crippen LogP contribution in [0.2, 0.25) is 5.02 Å². The van der Waals surface area contributed by atoms with Crippen molar-refractivity contribution < 1.29 is 29.0 Å². The number of halogens is 1. The number of hydrogen-bond acceptors (Lipinski definition) is 6. The third-order valence-corrected chi connectivity index (χ3v) is 8.77. The maximum atomic E-state index is 14.6. The molecule has 8 nitrogen and oxygen atoms in total. The summed E-state index contributed by atoms with van der Waals surface area (Å²) in [6.07, 6.45) is 8.17. The van der Waals surface area contributed by atoms with Crippen LogP contribution < -0.4 is 4.90 Å². The number of amides is 2. The van der Waals surface area contributed by atoms with Gasteiger partial charge in [-0.2, -0.15) is 0 Å². The zero-order valence-corrected chi connectivity index (χ0v) is 22.9. The van der Waals surface area contributed by atoms with E-state index < -0.39 is 47.0 Å². The first-order valence-corrected chi connectivity index (χ1v) is 13.9. The SMILES string of the molecule is C[C@@]12C=CCCOC(=O)[C@@H]1[C@H]1C(=O)N([C@@H](CO)Cc3ccccc3)C3C(=O)N(c4ccc(Cl)cc4)CC=C[C@@]31O2. The lowest BCUT2D eigenvalue weighted by Crippen LogP contribution is -2.59. The minimum atomic E-state index is -1.44. The zero-order valence-electron chi connectivity index (χ0n) is 22.1. The van der Waals surface area contributed by atoms with Crippen LogP contribution >= 0.6 is 11.6 Å². The number of rotatable bonds is 5. The summed E-state index contributed by atoms with van der Waals surface area (Å²) >= 11 is 6.12. The number of hydrogen-bond donors (Lipinski definition) is 1. The largest absolute Gasteiger partial charge is 0.465 e. The summed E-state index contributed by atoms with van der Waals surface area (Å²) < 4.78 is 12.3. The van der Waals surface area contributed by atoms with Crippen molar-refractivity contribution in [3.63, 3.8) is 0 Å². The Hall–Kier alpha value is -3.46. The second-order valence-electron chi connectivity index (χ2n) is 11.0. The summed E-state index contributed by atoms with van der Waals surface area (Å²) in [5.74, 6) is -3.25. The predicted octanol–water partition coefficient (Wildman–Crippen LogP) is 3.32. The quantitative estimate of drug-likeness (QED) is 0.444. The van der Waals surface area contributed by atoms with Crippen LogP contribution in [-0.4, -0.2) is 70.8 Å². The van der Waals surface area contributed by atoms with Crippen LogP contribution in [0.25, 0.3) is 0 Å². The van der Waals surface area contributed by atoms with Gasteiger partial charge in [0.25, 0.3) is 5.91 Å². The Labute approximate surface area is 237 Å². The number of fused-ring (bicyclic) bond motifs is 2. The van der Waals surface area contributed by atoms with Gasteiger partial charge in [0, 0.05) is 17.3 Å². The van der Waals surface area contributed by atoms with Crippen molar-refractivity contribution in [2.24, 2.45) is 11.8 Å². The Balaban J connectivity index is 1.50. The van der Waals surface area contributed by atoms with Gasteiger partial charge < -0.3 is 24.4 Å². The normalized spacial score (nSPS) is 32.1. The molecule has 2 saturated heterocycles. The molecule has 0 aromatic heterocycles. The Morgan fingerprint density at radius 1 is 1.00 bits per heavy atom. The minimum Gasteiger partial charge on any atom is -0.465 e. The van der Waals surface area contributed by atoms with E-state index in [9.17, 15) is 19.5 Å². The Kier molecular flexibility index (Phi) is 6.81. The highest BCUT2D eigenvalue weighted by molar-refractivity contribution is 6.30. The first-order valence-electron chi connectivity index (χ1n) is 13.6. The molecule has 208 valence electrons. The number of likely N-dealkylation sites (tertiary alicyclic amines) is 1. The van der Waals surface area contributed by atoms with Crippen LogP contribution in [0.4, 0.5) is 5.69 Å².